The number of halogens is 1. The molecule has 0 aliphatic carbocycles. The molecule has 0 radical (unpaired) electrons. The van der Waals surface area contributed by atoms with Crippen molar-refractivity contribution < 1.29 is 23.9 Å². The van der Waals surface area contributed by atoms with Crippen LogP contribution in [0.4, 0.5) is 0 Å². The topological polar surface area (TPSA) is 81.7 Å². The van der Waals surface area contributed by atoms with E-state index in [1.165, 1.54) is 6.92 Å². The molecule has 1 amide bonds. The molecule has 2 rings (SSSR count). The number of benzene rings is 2. The number of rotatable bonds is 10. The van der Waals surface area contributed by atoms with E-state index in [-0.39, 0.29) is 24.9 Å². The fourth-order valence-electron chi connectivity index (χ4n) is 2.36. The molecule has 2 aromatic rings. The van der Waals surface area contributed by atoms with Crippen LogP contribution in [0, 0.1) is 0 Å². The van der Waals surface area contributed by atoms with Gasteiger partial charge in [0.2, 0.25) is 5.91 Å². The van der Waals surface area contributed by atoms with Crippen molar-refractivity contribution in [3.63, 3.8) is 0 Å². The highest BCUT2D eigenvalue weighted by Gasteiger charge is 2.11. The Labute approximate surface area is 172 Å². The highest BCUT2D eigenvalue weighted by molar-refractivity contribution is 9.10. The third-order valence-corrected chi connectivity index (χ3v) is 4.36. The number of nitrogens with one attached hydrogen (secondary N) is 1. The predicted octanol–water partition coefficient (Wildman–Crippen LogP) is 3.32. The third kappa shape index (κ3) is 7.92. The van der Waals surface area contributed by atoms with Crippen molar-refractivity contribution in [3.8, 4) is 5.75 Å². The summed E-state index contributed by atoms with van der Waals surface area (Å²) in [7, 11) is 0. The molecule has 0 saturated heterocycles. The van der Waals surface area contributed by atoms with Gasteiger partial charge in [-0.1, -0.05) is 40.2 Å². The summed E-state index contributed by atoms with van der Waals surface area (Å²) < 4.78 is 11.2. The van der Waals surface area contributed by atoms with Crippen LogP contribution in [0.25, 0.3) is 0 Å². The summed E-state index contributed by atoms with van der Waals surface area (Å²) in [6.07, 6.45) is 1.62. The summed E-state index contributed by atoms with van der Waals surface area (Å²) >= 11 is 3.31. The minimum Gasteiger partial charge on any atom is -0.482 e. The number of esters is 1. The molecular weight excluding hydrogens is 426 g/mol. The molecule has 0 unspecified atom stereocenters. The zero-order valence-corrected chi connectivity index (χ0v) is 17.2. The maximum absolute atomic E-state index is 12.1. The molecule has 0 aromatic heterocycles. The van der Waals surface area contributed by atoms with Gasteiger partial charge in [-0.25, -0.2) is 4.79 Å². The first-order valence-electron chi connectivity index (χ1n) is 8.84. The van der Waals surface area contributed by atoms with Crippen LogP contribution in [0.1, 0.15) is 29.3 Å². The van der Waals surface area contributed by atoms with Crippen LogP contribution >= 0.6 is 15.9 Å². The molecule has 0 heterocycles. The molecule has 7 heteroatoms. The first-order chi connectivity index (χ1) is 13.4. The van der Waals surface area contributed by atoms with E-state index in [1.807, 2.05) is 12.1 Å². The van der Waals surface area contributed by atoms with Crippen LogP contribution in [0.5, 0.6) is 5.75 Å². The summed E-state index contributed by atoms with van der Waals surface area (Å²) in [6, 6.07) is 14.2. The summed E-state index contributed by atoms with van der Waals surface area (Å²) in [5.41, 5.74) is 1.55. The molecule has 28 heavy (non-hydrogen) atoms. The van der Waals surface area contributed by atoms with Crippen LogP contribution in [-0.4, -0.2) is 37.4 Å². The molecule has 0 aliphatic heterocycles. The number of Topliss-reactive ketones (excluding diaryl/α,β-unsaturated/α-hetero) is 1. The van der Waals surface area contributed by atoms with E-state index < -0.39 is 5.97 Å². The standard InChI is InChI=1S/C21H22BrNO5/c1-15(24)23-12-2-3-16-4-6-17(7-5-16)20(25)13-28-21(26)14-27-19-10-8-18(22)9-11-19/h4-11H,2-3,12-14H2,1H3,(H,23,24). The van der Waals surface area contributed by atoms with E-state index in [2.05, 4.69) is 21.2 Å². The summed E-state index contributed by atoms with van der Waals surface area (Å²) in [5.74, 6) is -0.383. The van der Waals surface area contributed by atoms with Crippen molar-refractivity contribution in [2.75, 3.05) is 19.8 Å². The average Bonchev–Trinajstić information content (AvgIpc) is 2.69. The zero-order chi connectivity index (χ0) is 20.4. The molecule has 0 atom stereocenters. The predicted molar refractivity (Wildman–Crippen MR) is 108 cm³/mol. The van der Waals surface area contributed by atoms with Gasteiger partial charge >= 0.3 is 5.97 Å². The van der Waals surface area contributed by atoms with Gasteiger partial charge in [0.25, 0.3) is 0 Å². The number of ether oxygens (including phenoxy) is 2. The number of carbonyl (C=O) groups excluding carboxylic acids is 3. The van der Waals surface area contributed by atoms with E-state index in [9.17, 15) is 14.4 Å². The fourth-order valence-corrected chi connectivity index (χ4v) is 2.62. The SMILES string of the molecule is CC(=O)NCCCc1ccc(C(=O)COC(=O)COc2ccc(Br)cc2)cc1. The van der Waals surface area contributed by atoms with E-state index in [1.54, 1.807) is 36.4 Å². The molecule has 2 aromatic carbocycles. The second-order valence-electron chi connectivity index (χ2n) is 6.11. The summed E-state index contributed by atoms with van der Waals surface area (Å²) in [5, 5.41) is 2.74. The van der Waals surface area contributed by atoms with Crippen molar-refractivity contribution in [2.24, 2.45) is 0 Å². The van der Waals surface area contributed by atoms with E-state index in [0.29, 0.717) is 17.9 Å². The Balaban J connectivity index is 1.70. The molecule has 0 bridgehead atoms. The number of ketones is 1. The smallest absolute Gasteiger partial charge is 0.344 e. The zero-order valence-electron chi connectivity index (χ0n) is 15.6. The lowest BCUT2D eigenvalue weighted by atomic mass is 10.1. The van der Waals surface area contributed by atoms with E-state index in [0.717, 1.165) is 22.9 Å². The lowest BCUT2D eigenvalue weighted by Gasteiger charge is -2.07. The van der Waals surface area contributed by atoms with Crippen LogP contribution < -0.4 is 10.1 Å². The molecule has 6 nitrogen and oxygen atoms in total. The van der Waals surface area contributed by atoms with Crippen LogP contribution in [0.15, 0.2) is 53.0 Å². The van der Waals surface area contributed by atoms with Crippen LogP contribution in [-0.2, 0) is 20.7 Å². The van der Waals surface area contributed by atoms with Crippen molar-refractivity contribution >= 4 is 33.6 Å². The van der Waals surface area contributed by atoms with Gasteiger partial charge in [-0.15, -0.1) is 0 Å². The first kappa shape index (κ1) is 21.6. The van der Waals surface area contributed by atoms with Gasteiger partial charge in [0.15, 0.2) is 19.0 Å². The normalized spacial score (nSPS) is 10.2. The van der Waals surface area contributed by atoms with Crippen molar-refractivity contribution in [3.05, 3.63) is 64.1 Å². The highest BCUT2D eigenvalue weighted by atomic mass is 79.9. The van der Waals surface area contributed by atoms with Gasteiger partial charge in [-0.3, -0.25) is 9.59 Å². The van der Waals surface area contributed by atoms with Gasteiger partial charge in [-0.05, 0) is 42.7 Å². The maximum Gasteiger partial charge on any atom is 0.344 e. The molecule has 0 fully saturated rings. The lowest BCUT2D eigenvalue weighted by molar-refractivity contribution is -0.144. The molecule has 148 valence electrons. The van der Waals surface area contributed by atoms with E-state index in [4.69, 9.17) is 9.47 Å². The second-order valence-corrected chi connectivity index (χ2v) is 7.03. The fraction of sp³-hybridized carbons (Fsp3) is 0.286. The molecule has 1 N–H and O–H groups in total. The Kier molecular flexibility index (Phi) is 8.68. The van der Waals surface area contributed by atoms with Crippen molar-refractivity contribution in [1.29, 1.82) is 0 Å². The monoisotopic (exact) mass is 447 g/mol. The minimum atomic E-state index is -0.606. The van der Waals surface area contributed by atoms with Crippen molar-refractivity contribution in [1.82, 2.24) is 5.32 Å². The molecule has 0 aliphatic rings. The Morgan fingerprint density at radius 3 is 2.29 bits per heavy atom. The number of aryl methyl sites for hydroxylation is 1. The van der Waals surface area contributed by atoms with Crippen LogP contribution in [0.3, 0.4) is 0 Å². The molecule has 0 spiro atoms. The van der Waals surface area contributed by atoms with E-state index >= 15 is 0 Å². The molecular formula is C21H22BrNO5. The molecule has 0 saturated carbocycles. The summed E-state index contributed by atoms with van der Waals surface area (Å²) in [4.78, 5) is 34.7. The number of carbonyl (C=O) groups is 3. The van der Waals surface area contributed by atoms with Gasteiger partial charge in [-0.2, -0.15) is 0 Å². The minimum absolute atomic E-state index is 0.0438. The Bertz CT molecular complexity index is 803. The summed E-state index contributed by atoms with van der Waals surface area (Å²) in [6.45, 7) is 1.51. The second kappa shape index (κ2) is 11.2. The number of hydrogen-bond donors (Lipinski definition) is 1. The maximum atomic E-state index is 12.1. The third-order valence-electron chi connectivity index (χ3n) is 3.83. The van der Waals surface area contributed by atoms with Gasteiger partial charge in [0.05, 0.1) is 0 Å². The van der Waals surface area contributed by atoms with Crippen molar-refractivity contribution in [2.45, 2.75) is 19.8 Å². The largest absolute Gasteiger partial charge is 0.482 e. The average molecular weight is 448 g/mol. The van der Waals surface area contributed by atoms with Gasteiger partial charge in [0, 0.05) is 23.5 Å². The first-order valence-corrected chi connectivity index (χ1v) is 9.64. The highest BCUT2D eigenvalue weighted by Crippen LogP contribution is 2.16. The number of amides is 1. The Hall–Kier alpha value is -2.67. The van der Waals surface area contributed by atoms with Crippen LogP contribution in [0.2, 0.25) is 0 Å². The lowest BCUT2D eigenvalue weighted by Crippen LogP contribution is -2.21. The number of hydrogen-bond acceptors (Lipinski definition) is 5. The Morgan fingerprint density at radius 1 is 0.964 bits per heavy atom. The van der Waals surface area contributed by atoms with Gasteiger partial charge in [0.1, 0.15) is 5.75 Å². The Morgan fingerprint density at radius 2 is 1.64 bits per heavy atom. The quantitative estimate of drug-likeness (QED) is 0.343. The van der Waals surface area contributed by atoms with Gasteiger partial charge < -0.3 is 14.8 Å².